The van der Waals surface area contributed by atoms with Gasteiger partial charge in [-0.2, -0.15) is 0 Å². The molecule has 18 heteroatoms. The molecule has 6 amide bonds. The summed E-state index contributed by atoms with van der Waals surface area (Å²) in [5.74, 6) is -5.44. The SMILES string of the molecule is CC(C)(C)OC(=O)N[C@@H](Cc1c[nH]c2ccccc12)C(=O)N[C@@H](CCCCNC(=O)/C=C/c1ccc(Cl)cc1Cl)C(=O)N[C@@H](CC(=O)O)C(=O)N[C@@H](Cc1ccccc1)C(N)=O. The Morgan fingerprint density at radius 1 is 0.790 bits per heavy atom. The number of primary amides is 1. The average molecular weight is 893 g/mol. The highest BCUT2D eigenvalue weighted by atomic mass is 35.5. The molecule has 4 aromatic rings. The van der Waals surface area contributed by atoms with E-state index in [1.165, 1.54) is 12.2 Å². The maximum absolute atomic E-state index is 14.1. The summed E-state index contributed by atoms with van der Waals surface area (Å²) in [5, 5.41) is 24.2. The molecule has 0 aliphatic carbocycles. The number of unbranched alkanes of at least 4 members (excludes halogenated alkanes) is 1. The van der Waals surface area contributed by atoms with Crippen molar-refractivity contribution in [3.05, 3.63) is 112 Å². The van der Waals surface area contributed by atoms with Crippen LogP contribution in [0.1, 0.15) is 63.1 Å². The van der Waals surface area contributed by atoms with Crippen molar-refractivity contribution >= 4 is 81.8 Å². The van der Waals surface area contributed by atoms with Gasteiger partial charge < -0.3 is 47.1 Å². The van der Waals surface area contributed by atoms with Gasteiger partial charge in [0.25, 0.3) is 0 Å². The Kier molecular flexibility index (Phi) is 17.9. The summed E-state index contributed by atoms with van der Waals surface area (Å²) in [7, 11) is 0. The number of nitrogens with one attached hydrogen (secondary N) is 6. The second kappa shape index (κ2) is 23.0. The first kappa shape index (κ1) is 48.3. The quantitative estimate of drug-likeness (QED) is 0.0431. The van der Waals surface area contributed by atoms with Crippen LogP contribution in [0.15, 0.2) is 85.1 Å². The van der Waals surface area contributed by atoms with Crippen LogP contribution in [0.3, 0.4) is 0 Å². The Bertz CT molecular complexity index is 2260. The fraction of sp³-hybridized carbons (Fsp3) is 0.341. The van der Waals surface area contributed by atoms with Crippen molar-refractivity contribution in [3.63, 3.8) is 0 Å². The molecule has 1 aromatic heterocycles. The van der Waals surface area contributed by atoms with Crippen LogP contribution in [-0.4, -0.2) is 88.0 Å². The minimum Gasteiger partial charge on any atom is -0.481 e. The number of H-pyrrole nitrogens is 1. The third-order valence-corrected chi connectivity index (χ3v) is 9.85. The number of aromatic nitrogens is 1. The first-order valence-electron chi connectivity index (χ1n) is 19.8. The van der Waals surface area contributed by atoms with Gasteiger partial charge in [-0.15, -0.1) is 0 Å². The van der Waals surface area contributed by atoms with E-state index >= 15 is 0 Å². The van der Waals surface area contributed by atoms with Crippen molar-refractivity contribution in [2.24, 2.45) is 5.73 Å². The summed E-state index contributed by atoms with van der Waals surface area (Å²) >= 11 is 12.1. The molecule has 0 bridgehead atoms. The minimum atomic E-state index is -1.70. The Morgan fingerprint density at radius 3 is 2.11 bits per heavy atom. The van der Waals surface area contributed by atoms with Crippen molar-refractivity contribution in [1.29, 1.82) is 0 Å². The molecular formula is C44H51Cl2N7O9. The van der Waals surface area contributed by atoms with Crippen LogP contribution in [0.2, 0.25) is 10.0 Å². The van der Waals surface area contributed by atoms with E-state index in [1.54, 1.807) is 75.5 Å². The van der Waals surface area contributed by atoms with Crippen LogP contribution in [0.5, 0.6) is 0 Å². The summed E-state index contributed by atoms with van der Waals surface area (Å²) in [6.07, 6.45) is 3.26. The van der Waals surface area contributed by atoms with Gasteiger partial charge in [0.1, 0.15) is 29.8 Å². The van der Waals surface area contributed by atoms with Crippen LogP contribution in [-0.2, 0) is 46.3 Å². The first-order valence-corrected chi connectivity index (χ1v) is 20.6. The molecule has 0 unspecified atom stereocenters. The fourth-order valence-electron chi connectivity index (χ4n) is 6.27. The lowest BCUT2D eigenvalue weighted by atomic mass is 10.0. The van der Waals surface area contributed by atoms with Crippen molar-refractivity contribution < 1.29 is 43.4 Å². The molecule has 3 aromatic carbocycles. The molecule has 0 radical (unpaired) electrons. The smallest absolute Gasteiger partial charge is 0.408 e. The number of carboxylic acid groups (broad SMARTS) is 1. The van der Waals surface area contributed by atoms with Crippen LogP contribution in [0.25, 0.3) is 17.0 Å². The van der Waals surface area contributed by atoms with E-state index in [2.05, 4.69) is 31.6 Å². The molecule has 4 rings (SSSR count). The number of nitrogens with two attached hydrogens (primary N) is 1. The lowest BCUT2D eigenvalue weighted by molar-refractivity contribution is -0.141. The zero-order valence-electron chi connectivity index (χ0n) is 34.5. The molecule has 4 atom stereocenters. The summed E-state index contributed by atoms with van der Waals surface area (Å²) in [6.45, 7) is 5.15. The standard InChI is InChI=1S/C44H51Cl2N7O9/c1-44(2,3)62-43(61)53-35(22-28-25-49-32-14-8-7-13-30(28)32)41(59)50-33(15-9-10-20-48-37(54)19-17-27-16-18-29(45)23-31(27)46)40(58)52-36(24-38(55)56)42(60)51-34(39(47)57)21-26-11-5-4-6-12-26/h4-8,11-14,16-19,23,25,33-36,49H,9-10,15,20-22,24H2,1-3H3,(H2,47,57)(H,48,54)(H,50,59)(H,51,60)(H,52,58)(H,53,61)(H,55,56)/b19-17+/t33-,34-,35-,36-/m0/s1. The number of aromatic amines is 1. The van der Waals surface area contributed by atoms with Gasteiger partial charge in [0, 0.05) is 52.6 Å². The molecule has 1 heterocycles. The van der Waals surface area contributed by atoms with Gasteiger partial charge in [0.15, 0.2) is 0 Å². The van der Waals surface area contributed by atoms with Crippen LogP contribution >= 0.6 is 23.2 Å². The predicted octanol–water partition coefficient (Wildman–Crippen LogP) is 4.57. The van der Waals surface area contributed by atoms with E-state index in [1.807, 2.05) is 24.3 Å². The number of carbonyl (C=O) groups excluding carboxylic acids is 6. The van der Waals surface area contributed by atoms with Gasteiger partial charge in [-0.3, -0.25) is 28.8 Å². The molecule has 0 saturated carbocycles. The van der Waals surface area contributed by atoms with Gasteiger partial charge >= 0.3 is 12.1 Å². The van der Waals surface area contributed by atoms with Gasteiger partial charge in [-0.1, -0.05) is 77.8 Å². The third-order valence-electron chi connectivity index (χ3n) is 9.29. The van der Waals surface area contributed by atoms with Crippen molar-refractivity contribution in [2.75, 3.05) is 6.54 Å². The normalized spacial score (nSPS) is 13.3. The van der Waals surface area contributed by atoms with Gasteiger partial charge in [-0.25, -0.2) is 4.79 Å². The molecule has 9 N–H and O–H groups in total. The van der Waals surface area contributed by atoms with Gasteiger partial charge in [-0.05, 0) is 81.0 Å². The first-order chi connectivity index (χ1) is 29.4. The largest absolute Gasteiger partial charge is 0.481 e. The van der Waals surface area contributed by atoms with Gasteiger partial charge in [0.2, 0.25) is 29.5 Å². The van der Waals surface area contributed by atoms with Crippen LogP contribution in [0, 0.1) is 0 Å². The molecule has 0 saturated heterocycles. The number of carboxylic acids is 1. The molecule has 0 fully saturated rings. The molecule has 0 spiro atoms. The minimum absolute atomic E-state index is 0.00198. The van der Waals surface area contributed by atoms with Crippen molar-refractivity contribution in [3.8, 4) is 0 Å². The number of hydrogen-bond donors (Lipinski definition) is 8. The van der Waals surface area contributed by atoms with Crippen molar-refractivity contribution in [2.45, 2.75) is 89.1 Å². The number of amides is 6. The van der Waals surface area contributed by atoms with Crippen molar-refractivity contribution in [1.82, 2.24) is 31.6 Å². The monoisotopic (exact) mass is 891 g/mol. The number of fused-ring (bicyclic) bond motifs is 1. The summed E-state index contributed by atoms with van der Waals surface area (Å²) in [4.78, 5) is 94.7. The maximum Gasteiger partial charge on any atom is 0.408 e. The van der Waals surface area contributed by atoms with Gasteiger partial charge in [0.05, 0.1) is 6.42 Å². The molecule has 0 aliphatic rings. The molecular weight excluding hydrogens is 841 g/mol. The molecule has 330 valence electrons. The Hall–Kier alpha value is -6.39. The second-order valence-corrected chi connectivity index (χ2v) is 16.3. The summed E-state index contributed by atoms with van der Waals surface area (Å²) in [5.41, 5.74) is 7.39. The Labute approximate surface area is 368 Å². The highest BCUT2D eigenvalue weighted by Gasteiger charge is 2.33. The van der Waals surface area contributed by atoms with Crippen LogP contribution < -0.4 is 32.3 Å². The number of hydrogen-bond acceptors (Lipinski definition) is 8. The van der Waals surface area contributed by atoms with E-state index < -0.39 is 77.8 Å². The lowest BCUT2D eigenvalue weighted by Gasteiger charge is -2.26. The number of aliphatic carboxylic acids is 1. The van der Waals surface area contributed by atoms with E-state index in [9.17, 15) is 38.7 Å². The number of halogens is 2. The van der Waals surface area contributed by atoms with Crippen LogP contribution in [0.4, 0.5) is 4.79 Å². The van der Waals surface area contributed by atoms with E-state index in [0.717, 1.165) is 10.9 Å². The number of alkyl carbamates (subject to hydrolysis) is 1. The summed E-state index contributed by atoms with van der Waals surface area (Å²) < 4.78 is 5.44. The molecule has 0 aliphatic heterocycles. The lowest BCUT2D eigenvalue weighted by Crippen LogP contribution is -2.59. The third kappa shape index (κ3) is 15.9. The zero-order chi connectivity index (χ0) is 45.4. The number of rotatable bonds is 21. The molecule has 62 heavy (non-hydrogen) atoms. The Balaban J connectivity index is 1.53. The van der Waals surface area contributed by atoms with E-state index in [-0.39, 0.29) is 32.2 Å². The van der Waals surface area contributed by atoms with E-state index in [4.69, 9.17) is 33.7 Å². The zero-order valence-corrected chi connectivity index (χ0v) is 36.0. The number of ether oxygens (including phenoxy) is 1. The fourth-order valence-corrected chi connectivity index (χ4v) is 6.74. The highest BCUT2D eigenvalue weighted by molar-refractivity contribution is 6.35. The second-order valence-electron chi connectivity index (χ2n) is 15.4. The summed E-state index contributed by atoms with van der Waals surface area (Å²) in [6, 6.07) is 15.3. The predicted molar refractivity (Wildman–Crippen MR) is 235 cm³/mol. The topological polar surface area (TPSA) is 251 Å². The van der Waals surface area contributed by atoms with E-state index in [0.29, 0.717) is 33.2 Å². The molecule has 16 nitrogen and oxygen atoms in total. The average Bonchev–Trinajstić information content (AvgIpc) is 3.61. The number of carbonyl (C=O) groups is 7. The Morgan fingerprint density at radius 2 is 1.44 bits per heavy atom. The number of benzene rings is 3. The maximum atomic E-state index is 14.1. The highest BCUT2D eigenvalue weighted by Crippen LogP contribution is 2.22. The number of para-hydroxylation sites is 1.